The lowest BCUT2D eigenvalue weighted by atomic mass is 10.2. The van der Waals surface area contributed by atoms with Crippen LogP contribution in [0.15, 0.2) is 30.3 Å². The lowest BCUT2D eigenvalue weighted by Crippen LogP contribution is -2.20. The SMILES string of the molecule is Cc1ccc(NC(=O)COC(=O)c2cc3sc(N(C)C)nc3s2)cc1. The Morgan fingerprint density at radius 3 is 2.56 bits per heavy atom. The molecule has 0 unspecified atom stereocenters. The van der Waals surface area contributed by atoms with Gasteiger partial charge < -0.3 is 15.0 Å². The molecule has 0 fully saturated rings. The van der Waals surface area contributed by atoms with Gasteiger partial charge in [-0.3, -0.25) is 4.79 Å². The first kappa shape index (κ1) is 17.4. The molecule has 6 nitrogen and oxygen atoms in total. The lowest BCUT2D eigenvalue weighted by Gasteiger charge is -2.06. The summed E-state index contributed by atoms with van der Waals surface area (Å²) in [6.45, 7) is 1.64. The Kier molecular flexibility index (Phi) is 5.00. The van der Waals surface area contributed by atoms with Crippen molar-refractivity contribution in [2.45, 2.75) is 6.92 Å². The highest BCUT2D eigenvalue weighted by molar-refractivity contribution is 7.29. The summed E-state index contributed by atoms with van der Waals surface area (Å²) in [7, 11) is 3.84. The van der Waals surface area contributed by atoms with E-state index in [0.29, 0.717) is 10.6 Å². The molecule has 0 aliphatic rings. The second-order valence-corrected chi connectivity index (χ2v) is 7.70. The van der Waals surface area contributed by atoms with Crippen LogP contribution in [0.5, 0.6) is 0 Å². The van der Waals surface area contributed by atoms with Gasteiger partial charge in [0, 0.05) is 19.8 Å². The molecule has 130 valence electrons. The van der Waals surface area contributed by atoms with E-state index in [1.165, 1.54) is 22.7 Å². The van der Waals surface area contributed by atoms with Crippen LogP contribution < -0.4 is 10.2 Å². The molecule has 1 amide bonds. The first-order valence-electron chi connectivity index (χ1n) is 7.54. The quantitative estimate of drug-likeness (QED) is 0.691. The van der Waals surface area contributed by atoms with Crippen LogP contribution in [-0.4, -0.2) is 37.6 Å². The number of carbonyl (C=O) groups excluding carboxylic acids is 2. The summed E-state index contributed by atoms with van der Waals surface area (Å²) in [6, 6.07) is 9.15. The van der Waals surface area contributed by atoms with E-state index in [1.54, 1.807) is 18.2 Å². The molecule has 8 heteroatoms. The number of ether oxygens (including phenoxy) is 1. The van der Waals surface area contributed by atoms with E-state index in [1.807, 2.05) is 38.1 Å². The molecule has 1 N–H and O–H groups in total. The van der Waals surface area contributed by atoms with Gasteiger partial charge in [0.05, 0.1) is 4.70 Å². The molecule has 3 aromatic rings. The zero-order valence-electron chi connectivity index (χ0n) is 14.0. The number of thiophene rings is 1. The average molecular weight is 375 g/mol. The van der Waals surface area contributed by atoms with Crippen molar-refractivity contribution in [1.82, 2.24) is 4.98 Å². The number of amides is 1. The van der Waals surface area contributed by atoms with E-state index in [0.717, 1.165) is 20.2 Å². The maximum Gasteiger partial charge on any atom is 0.348 e. The molecule has 0 aliphatic carbocycles. The van der Waals surface area contributed by atoms with Crippen molar-refractivity contribution in [3.05, 3.63) is 40.8 Å². The number of anilines is 2. The summed E-state index contributed by atoms with van der Waals surface area (Å²) in [6.07, 6.45) is 0. The summed E-state index contributed by atoms with van der Waals surface area (Å²) in [5.41, 5.74) is 1.77. The van der Waals surface area contributed by atoms with Crippen molar-refractivity contribution in [3.63, 3.8) is 0 Å². The molecular weight excluding hydrogens is 358 g/mol. The number of hydrogen-bond donors (Lipinski definition) is 1. The predicted molar refractivity (Wildman–Crippen MR) is 102 cm³/mol. The van der Waals surface area contributed by atoms with Crippen LogP contribution in [0.3, 0.4) is 0 Å². The molecule has 25 heavy (non-hydrogen) atoms. The lowest BCUT2D eigenvalue weighted by molar-refractivity contribution is -0.119. The third-order valence-corrected chi connectivity index (χ3v) is 5.64. The van der Waals surface area contributed by atoms with Gasteiger partial charge in [-0.2, -0.15) is 0 Å². The molecule has 0 spiro atoms. The number of esters is 1. The van der Waals surface area contributed by atoms with Gasteiger partial charge in [-0.05, 0) is 25.1 Å². The number of nitrogens with one attached hydrogen (secondary N) is 1. The molecule has 0 saturated heterocycles. The number of fused-ring (bicyclic) bond motifs is 1. The zero-order valence-corrected chi connectivity index (χ0v) is 15.7. The maximum atomic E-state index is 12.1. The Hall–Kier alpha value is -2.45. The third kappa shape index (κ3) is 4.15. The fourth-order valence-electron chi connectivity index (χ4n) is 2.05. The Bertz CT molecular complexity index is 882. The van der Waals surface area contributed by atoms with E-state index in [9.17, 15) is 9.59 Å². The highest BCUT2D eigenvalue weighted by atomic mass is 32.1. The summed E-state index contributed by atoms with van der Waals surface area (Å²) < 4.78 is 6.02. The van der Waals surface area contributed by atoms with Crippen molar-refractivity contribution >= 4 is 54.9 Å². The summed E-state index contributed by atoms with van der Waals surface area (Å²) in [4.78, 5) is 31.6. The third-order valence-electron chi connectivity index (χ3n) is 3.33. The van der Waals surface area contributed by atoms with Gasteiger partial charge in [0.15, 0.2) is 11.7 Å². The van der Waals surface area contributed by atoms with E-state index >= 15 is 0 Å². The summed E-state index contributed by atoms with van der Waals surface area (Å²) in [5.74, 6) is -0.885. The fourth-order valence-corrected chi connectivity index (χ4v) is 4.08. The monoisotopic (exact) mass is 375 g/mol. The highest BCUT2D eigenvalue weighted by Crippen LogP contribution is 2.34. The second kappa shape index (κ2) is 7.20. The first-order chi connectivity index (χ1) is 11.9. The van der Waals surface area contributed by atoms with Gasteiger partial charge in [-0.25, -0.2) is 9.78 Å². The highest BCUT2D eigenvalue weighted by Gasteiger charge is 2.17. The fraction of sp³-hybridized carbons (Fsp3) is 0.235. The minimum Gasteiger partial charge on any atom is -0.451 e. The van der Waals surface area contributed by atoms with Gasteiger partial charge in [0.1, 0.15) is 9.71 Å². The number of aromatic nitrogens is 1. The van der Waals surface area contributed by atoms with E-state index in [-0.39, 0.29) is 12.5 Å². The van der Waals surface area contributed by atoms with Gasteiger partial charge in [-0.1, -0.05) is 29.0 Å². The number of hydrogen-bond acceptors (Lipinski definition) is 7. The minimum absolute atomic E-state index is 0.325. The summed E-state index contributed by atoms with van der Waals surface area (Å²) in [5, 5.41) is 3.58. The molecule has 0 saturated carbocycles. The van der Waals surface area contributed by atoms with Crippen molar-refractivity contribution in [3.8, 4) is 0 Å². The number of rotatable bonds is 5. The zero-order chi connectivity index (χ0) is 18.0. The van der Waals surface area contributed by atoms with Crippen LogP contribution >= 0.6 is 22.7 Å². The average Bonchev–Trinajstić information content (AvgIpc) is 3.14. The Labute approximate surface area is 153 Å². The van der Waals surface area contributed by atoms with Crippen molar-refractivity contribution in [2.24, 2.45) is 0 Å². The largest absolute Gasteiger partial charge is 0.451 e. The molecule has 3 rings (SSSR count). The number of benzene rings is 1. The molecule has 0 aliphatic heterocycles. The van der Waals surface area contributed by atoms with Crippen LogP contribution in [0.25, 0.3) is 9.53 Å². The van der Waals surface area contributed by atoms with Crippen LogP contribution in [0.2, 0.25) is 0 Å². The van der Waals surface area contributed by atoms with Crippen LogP contribution in [0, 0.1) is 6.92 Å². The number of aryl methyl sites for hydroxylation is 1. The Morgan fingerprint density at radius 2 is 1.92 bits per heavy atom. The molecule has 2 heterocycles. The molecular formula is C17H17N3O3S2. The standard InChI is InChI=1S/C17H17N3O3S2/c1-10-4-6-11(7-5-10)18-14(21)9-23-16(22)13-8-12-15(24-13)19-17(25-12)20(2)3/h4-8H,9H2,1-3H3,(H,18,21). The normalized spacial score (nSPS) is 10.7. The molecule has 2 aromatic heterocycles. The Morgan fingerprint density at radius 1 is 1.20 bits per heavy atom. The van der Waals surface area contributed by atoms with Crippen molar-refractivity contribution < 1.29 is 14.3 Å². The van der Waals surface area contributed by atoms with Crippen molar-refractivity contribution in [1.29, 1.82) is 0 Å². The van der Waals surface area contributed by atoms with Gasteiger partial charge in [0.25, 0.3) is 5.91 Å². The number of carbonyl (C=O) groups is 2. The van der Waals surface area contributed by atoms with Crippen LogP contribution in [-0.2, 0) is 9.53 Å². The molecule has 0 radical (unpaired) electrons. The van der Waals surface area contributed by atoms with E-state index < -0.39 is 5.97 Å². The van der Waals surface area contributed by atoms with Crippen LogP contribution in [0.4, 0.5) is 10.8 Å². The predicted octanol–water partition coefficient (Wildman–Crippen LogP) is 3.53. The van der Waals surface area contributed by atoms with Crippen molar-refractivity contribution in [2.75, 3.05) is 30.9 Å². The second-order valence-electron chi connectivity index (χ2n) is 5.66. The first-order valence-corrected chi connectivity index (χ1v) is 9.17. The van der Waals surface area contributed by atoms with Crippen LogP contribution in [0.1, 0.15) is 15.2 Å². The van der Waals surface area contributed by atoms with E-state index in [2.05, 4.69) is 10.3 Å². The molecule has 0 bridgehead atoms. The smallest absolute Gasteiger partial charge is 0.348 e. The summed E-state index contributed by atoms with van der Waals surface area (Å²) >= 11 is 2.78. The number of nitrogens with zero attached hydrogens (tertiary/aromatic N) is 2. The van der Waals surface area contributed by atoms with Gasteiger partial charge >= 0.3 is 5.97 Å². The number of thiazole rings is 1. The topological polar surface area (TPSA) is 71.5 Å². The van der Waals surface area contributed by atoms with Gasteiger partial charge in [0.2, 0.25) is 0 Å². The molecule has 0 atom stereocenters. The molecule has 1 aromatic carbocycles. The van der Waals surface area contributed by atoms with E-state index in [4.69, 9.17) is 4.74 Å². The minimum atomic E-state index is -0.513. The van der Waals surface area contributed by atoms with Gasteiger partial charge in [-0.15, -0.1) is 11.3 Å². The maximum absolute atomic E-state index is 12.1. The Balaban J connectivity index is 1.57.